The van der Waals surface area contributed by atoms with Crippen LogP contribution in [0.25, 0.3) is 0 Å². The van der Waals surface area contributed by atoms with Crippen LogP contribution < -0.4 is 19.9 Å². The summed E-state index contributed by atoms with van der Waals surface area (Å²) in [5.74, 6) is 1.08. The third-order valence-corrected chi connectivity index (χ3v) is 4.43. The quantitative estimate of drug-likeness (QED) is 0.878. The zero-order valence-electron chi connectivity index (χ0n) is 15.5. The molecule has 7 nitrogen and oxygen atoms in total. The number of rotatable bonds is 3. The van der Waals surface area contributed by atoms with Crippen molar-refractivity contribution in [2.75, 3.05) is 14.2 Å². The molecule has 1 aliphatic rings. The summed E-state index contributed by atoms with van der Waals surface area (Å²) in [5.41, 5.74) is 8.53. The number of nitriles is 1. The Morgan fingerprint density at radius 3 is 2.58 bits per heavy atom. The van der Waals surface area contributed by atoms with Gasteiger partial charge in [-0.15, -0.1) is 5.10 Å². The zero-order chi connectivity index (χ0) is 19.1. The van der Waals surface area contributed by atoms with Crippen LogP contribution in [0.2, 0.25) is 0 Å². The van der Waals surface area contributed by atoms with E-state index in [0.29, 0.717) is 23.0 Å². The number of hydrogen-bond donors (Lipinski definition) is 2. The number of benzene rings is 1. The molecule has 0 bridgehead atoms. The van der Waals surface area contributed by atoms with Crippen LogP contribution >= 0.6 is 0 Å². The molecule has 3 rings (SSSR count). The fourth-order valence-corrected chi connectivity index (χ4v) is 3.27. The third-order valence-electron chi connectivity index (χ3n) is 4.43. The van der Waals surface area contributed by atoms with Crippen LogP contribution in [0, 0.1) is 11.3 Å². The Hall–Kier alpha value is -3.14. The maximum Gasteiger partial charge on any atom is 0.244 e. The minimum absolute atomic E-state index is 0.0434. The van der Waals surface area contributed by atoms with Crippen LogP contribution in [-0.4, -0.2) is 24.4 Å². The van der Waals surface area contributed by atoms with Crippen molar-refractivity contribution in [1.29, 1.82) is 5.26 Å². The normalized spacial score (nSPS) is 16.5. The minimum atomic E-state index is -0.471. The maximum absolute atomic E-state index is 9.77. The van der Waals surface area contributed by atoms with E-state index in [9.17, 15) is 5.26 Å². The lowest BCUT2D eigenvalue weighted by molar-refractivity contribution is 0.348. The molecule has 1 unspecified atom stereocenters. The number of fused-ring (bicyclic) bond motifs is 1. The SMILES string of the molecule is COc1cccc(C2C(C#N)=C(N)Oc3n[nH]c(C(C)(C)C)c32)c1OC. The number of nitrogens with zero attached hydrogens (tertiary/aromatic N) is 2. The molecular formula is C19H22N4O3. The molecule has 0 radical (unpaired) electrons. The predicted octanol–water partition coefficient (Wildman–Crippen LogP) is 2.94. The van der Waals surface area contributed by atoms with Crippen LogP contribution in [-0.2, 0) is 5.41 Å². The van der Waals surface area contributed by atoms with Crippen molar-refractivity contribution in [3.8, 4) is 23.4 Å². The first-order chi connectivity index (χ1) is 12.3. The highest BCUT2D eigenvalue weighted by Crippen LogP contribution is 2.49. The van der Waals surface area contributed by atoms with Gasteiger partial charge in [-0.2, -0.15) is 5.26 Å². The van der Waals surface area contributed by atoms with E-state index in [1.54, 1.807) is 14.2 Å². The Morgan fingerprint density at radius 2 is 2.00 bits per heavy atom. The Labute approximate surface area is 152 Å². The molecule has 1 aromatic heterocycles. The molecule has 3 N–H and O–H groups in total. The number of aromatic nitrogens is 2. The van der Waals surface area contributed by atoms with Gasteiger partial charge in [0.05, 0.1) is 25.7 Å². The first-order valence-electron chi connectivity index (χ1n) is 8.20. The smallest absolute Gasteiger partial charge is 0.244 e. The van der Waals surface area contributed by atoms with Crippen LogP contribution in [0.5, 0.6) is 17.4 Å². The van der Waals surface area contributed by atoms with Gasteiger partial charge in [0.15, 0.2) is 11.5 Å². The van der Waals surface area contributed by atoms with Gasteiger partial charge < -0.3 is 19.9 Å². The number of H-pyrrole nitrogens is 1. The number of para-hydroxylation sites is 1. The zero-order valence-corrected chi connectivity index (χ0v) is 15.5. The van der Waals surface area contributed by atoms with E-state index in [0.717, 1.165) is 16.8 Å². The summed E-state index contributed by atoms with van der Waals surface area (Å²) < 4.78 is 16.6. The average molecular weight is 354 g/mol. The second-order valence-electron chi connectivity index (χ2n) is 7.07. The molecule has 0 aliphatic carbocycles. The molecule has 0 saturated heterocycles. The summed E-state index contributed by atoms with van der Waals surface area (Å²) in [6, 6.07) is 7.75. The summed E-state index contributed by atoms with van der Waals surface area (Å²) in [7, 11) is 3.14. The van der Waals surface area contributed by atoms with Gasteiger partial charge in [-0.1, -0.05) is 32.9 Å². The lowest BCUT2D eigenvalue weighted by atomic mass is 9.78. The Balaban J connectivity index is 2.34. The second-order valence-corrected chi connectivity index (χ2v) is 7.07. The van der Waals surface area contributed by atoms with Gasteiger partial charge in [-0.05, 0) is 6.07 Å². The third kappa shape index (κ3) is 2.64. The fraction of sp³-hybridized carbons (Fsp3) is 0.368. The second kappa shape index (κ2) is 6.30. The van der Waals surface area contributed by atoms with Crippen molar-refractivity contribution in [1.82, 2.24) is 10.2 Å². The predicted molar refractivity (Wildman–Crippen MR) is 96.1 cm³/mol. The highest BCUT2D eigenvalue weighted by molar-refractivity contribution is 5.61. The topological polar surface area (TPSA) is 106 Å². The number of aromatic amines is 1. The van der Waals surface area contributed by atoms with Gasteiger partial charge in [0.2, 0.25) is 11.8 Å². The molecule has 2 heterocycles. The molecular weight excluding hydrogens is 332 g/mol. The first-order valence-corrected chi connectivity index (χ1v) is 8.20. The van der Waals surface area contributed by atoms with Crippen LogP contribution in [0.4, 0.5) is 0 Å². The maximum atomic E-state index is 9.77. The Morgan fingerprint density at radius 1 is 1.27 bits per heavy atom. The molecule has 136 valence electrons. The number of hydrogen-bond acceptors (Lipinski definition) is 6. The number of ether oxygens (including phenoxy) is 3. The standard InChI is InChI=1S/C19H22N4O3/c1-19(2,3)16-14-13(10-7-6-8-12(24-4)15(10)25-5)11(9-20)17(21)26-18(14)23-22-16/h6-8,13H,21H2,1-5H3,(H,22,23). The highest BCUT2D eigenvalue weighted by atomic mass is 16.5. The molecule has 1 aromatic carbocycles. The average Bonchev–Trinajstić information content (AvgIpc) is 3.03. The molecule has 7 heteroatoms. The number of methoxy groups -OCH3 is 2. The van der Waals surface area contributed by atoms with E-state index in [1.807, 2.05) is 18.2 Å². The van der Waals surface area contributed by atoms with Crippen LogP contribution in [0.3, 0.4) is 0 Å². The summed E-state index contributed by atoms with van der Waals surface area (Å²) in [5, 5.41) is 17.1. The molecule has 0 amide bonds. The van der Waals surface area contributed by atoms with E-state index in [-0.39, 0.29) is 11.3 Å². The molecule has 1 atom stereocenters. The van der Waals surface area contributed by atoms with Crippen LogP contribution in [0.1, 0.15) is 43.5 Å². The van der Waals surface area contributed by atoms with E-state index < -0.39 is 5.92 Å². The first kappa shape index (κ1) is 17.7. The molecule has 0 saturated carbocycles. The summed E-state index contributed by atoms with van der Waals surface area (Å²) in [6.07, 6.45) is 0. The monoisotopic (exact) mass is 354 g/mol. The largest absolute Gasteiger partial charge is 0.493 e. The Bertz CT molecular complexity index is 916. The van der Waals surface area contributed by atoms with Crippen molar-refractivity contribution < 1.29 is 14.2 Å². The van der Waals surface area contributed by atoms with Gasteiger partial charge in [0, 0.05) is 16.7 Å². The van der Waals surface area contributed by atoms with Gasteiger partial charge >= 0.3 is 0 Å². The summed E-state index contributed by atoms with van der Waals surface area (Å²) in [4.78, 5) is 0. The summed E-state index contributed by atoms with van der Waals surface area (Å²) >= 11 is 0. The van der Waals surface area contributed by atoms with Crippen molar-refractivity contribution >= 4 is 0 Å². The van der Waals surface area contributed by atoms with E-state index in [4.69, 9.17) is 19.9 Å². The molecule has 0 spiro atoms. The lowest BCUT2D eigenvalue weighted by Crippen LogP contribution is -2.24. The van der Waals surface area contributed by atoms with E-state index in [1.165, 1.54) is 0 Å². The van der Waals surface area contributed by atoms with Crippen molar-refractivity contribution in [3.63, 3.8) is 0 Å². The van der Waals surface area contributed by atoms with E-state index in [2.05, 4.69) is 37.0 Å². The highest BCUT2D eigenvalue weighted by Gasteiger charge is 2.39. The molecule has 0 fully saturated rings. The number of nitrogens with one attached hydrogen (secondary N) is 1. The van der Waals surface area contributed by atoms with Gasteiger partial charge in [0.25, 0.3) is 0 Å². The van der Waals surface area contributed by atoms with Crippen molar-refractivity contribution in [2.45, 2.75) is 32.1 Å². The minimum Gasteiger partial charge on any atom is -0.493 e. The molecule has 2 aromatic rings. The molecule has 26 heavy (non-hydrogen) atoms. The Kier molecular flexibility index (Phi) is 4.28. The van der Waals surface area contributed by atoms with Gasteiger partial charge in [0.1, 0.15) is 11.6 Å². The van der Waals surface area contributed by atoms with Gasteiger partial charge in [-0.25, -0.2) is 0 Å². The summed E-state index contributed by atoms with van der Waals surface area (Å²) in [6.45, 7) is 6.19. The number of allylic oxidation sites excluding steroid dienone is 1. The lowest BCUT2D eigenvalue weighted by Gasteiger charge is -2.28. The van der Waals surface area contributed by atoms with Crippen LogP contribution in [0.15, 0.2) is 29.7 Å². The van der Waals surface area contributed by atoms with E-state index >= 15 is 0 Å². The molecule has 1 aliphatic heterocycles. The number of nitrogens with two attached hydrogens (primary N) is 1. The van der Waals surface area contributed by atoms with Crippen molar-refractivity contribution in [2.24, 2.45) is 5.73 Å². The van der Waals surface area contributed by atoms with Crippen molar-refractivity contribution in [3.05, 3.63) is 46.5 Å². The fourth-order valence-electron chi connectivity index (χ4n) is 3.27. The van der Waals surface area contributed by atoms with Gasteiger partial charge in [-0.3, -0.25) is 5.10 Å².